The molecule has 188 valence electrons. The molecule has 36 heavy (non-hydrogen) atoms. The minimum atomic E-state index is -3.67. The summed E-state index contributed by atoms with van der Waals surface area (Å²) in [7, 11) is -3.67. The molecule has 0 atom stereocenters. The largest absolute Gasteiger partial charge is 0.477 e. The molecule has 1 fully saturated rings. The first-order chi connectivity index (χ1) is 17.0. The van der Waals surface area contributed by atoms with E-state index in [-0.39, 0.29) is 16.9 Å². The van der Waals surface area contributed by atoms with Gasteiger partial charge in [-0.25, -0.2) is 14.2 Å². The number of nitrogens with one attached hydrogen (secondary N) is 1. The van der Waals surface area contributed by atoms with Crippen LogP contribution in [0.1, 0.15) is 10.4 Å². The second kappa shape index (κ2) is 10.0. The molecule has 2 aromatic heterocycles. The third-order valence-electron chi connectivity index (χ3n) is 5.57. The maximum absolute atomic E-state index is 14.9. The molecule has 4 aromatic rings. The van der Waals surface area contributed by atoms with Crippen molar-refractivity contribution >= 4 is 43.7 Å². The number of nitrogens with zero attached hydrogens (tertiary/aromatic N) is 3. The fourth-order valence-electron chi connectivity index (χ4n) is 3.99. The van der Waals surface area contributed by atoms with Crippen molar-refractivity contribution in [3.05, 3.63) is 76.3 Å². The lowest BCUT2D eigenvalue weighted by Crippen LogP contribution is -2.44. The number of carboxylic acids is 1. The molecule has 0 amide bonds. The molecule has 0 unspecified atom stereocenters. The van der Waals surface area contributed by atoms with Crippen LogP contribution in [0.3, 0.4) is 0 Å². The third-order valence-corrected chi connectivity index (χ3v) is 5.57. The smallest absolute Gasteiger partial charge is 0.341 e. The van der Waals surface area contributed by atoms with Gasteiger partial charge in [-0.3, -0.25) is 9.35 Å². The second-order valence-corrected chi connectivity index (χ2v) is 9.68. The van der Waals surface area contributed by atoms with Crippen molar-refractivity contribution in [1.82, 2.24) is 14.9 Å². The number of benzene rings is 2. The highest BCUT2D eigenvalue weighted by atomic mass is 32.2. The first kappa shape index (κ1) is 25.2. The van der Waals surface area contributed by atoms with E-state index < -0.39 is 32.9 Å². The lowest BCUT2D eigenvalue weighted by Gasteiger charge is -2.29. The van der Waals surface area contributed by atoms with Gasteiger partial charge in [-0.2, -0.15) is 8.42 Å². The topological polar surface area (TPSA) is 142 Å². The molecular formula is C24H23FN4O6S. The minimum absolute atomic E-state index is 0.0653. The maximum Gasteiger partial charge on any atom is 0.341 e. The van der Waals surface area contributed by atoms with Crippen LogP contribution in [0.2, 0.25) is 0 Å². The molecule has 2 aromatic carbocycles. The van der Waals surface area contributed by atoms with Crippen LogP contribution in [0.5, 0.6) is 0 Å². The Morgan fingerprint density at radius 3 is 2.36 bits per heavy atom. The monoisotopic (exact) mass is 514 g/mol. The van der Waals surface area contributed by atoms with Crippen LogP contribution in [0.4, 0.5) is 10.2 Å². The molecule has 0 saturated carbocycles. The summed E-state index contributed by atoms with van der Waals surface area (Å²) < 4.78 is 42.4. The maximum atomic E-state index is 14.9. The normalized spacial score (nSPS) is 13.9. The van der Waals surface area contributed by atoms with Crippen molar-refractivity contribution in [3.63, 3.8) is 0 Å². The Balaban J connectivity index is 0.000000556. The SMILES string of the molecule is CS(=O)(=O)O.O=C(O)c1cn(-c2ccc3ccccc3c2)c2nc(N3CCNCC3)c(F)cc2c1=O. The van der Waals surface area contributed by atoms with Crippen LogP contribution >= 0.6 is 0 Å². The molecule has 10 nitrogen and oxygen atoms in total. The van der Waals surface area contributed by atoms with Gasteiger partial charge in [0.2, 0.25) is 5.43 Å². The van der Waals surface area contributed by atoms with Crippen molar-refractivity contribution < 1.29 is 27.3 Å². The Morgan fingerprint density at radius 1 is 1.08 bits per heavy atom. The van der Waals surface area contributed by atoms with E-state index in [2.05, 4.69) is 10.3 Å². The van der Waals surface area contributed by atoms with Crippen molar-refractivity contribution in [2.45, 2.75) is 0 Å². The fraction of sp³-hybridized carbons (Fsp3) is 0.208. The standard InChI is InChI=1S/C23H19FN4O3.CH4O3S/c24-19-12-17-20(29)18(23(30)31)13-28(16-6-5-14-3-1-2-4-15(14)11-16)21(17)26-22(19)27-9-7-25-8-10-27;1-5(2,3)4/h1-6,11-13,25H,7-10H2,(H,30,31);1H3,(H,2,3,4). The zero-order chi connectivity index (χ0) is 26.0. The van der Waals surface area contributed by atoms with Gasteiger partial charge in [0.25, 0.3) is 10.1 Å². The molecule has 12 heteroatoms. The van der Waals surface area contributed by atoms with Gasteiger partial charge >= 0.3 is 5.97 Å². The summed E-state index contributed by atoms with van der Waals surface area (Å²) in [5, 5.41) is 14.7. The Kier molecular flexibility index (Phi) is 7.02. The number of rotatable bonds is 3. The molecule has 0 aliphatic carbocycles. The highest BCUT2D eigenvalue weighted by molar-refractivity contribution is 7.85. The Bertz CT molecular complexity index is 1620. The number of carboxylic acid groups (broad SMARTS) is 1. The quantitative estimate of drug-likeness (QED) is 0.351. The molecule has 0 radical (unpaired) electrons. The van der Waals surface area contributed by atoms with Gasteiger partial charge in [-0.05, 0) is 29.0 Å². The molecule has 1 saturated heterocycles. The first-order valence-corrected chi connectivity index (χ1v) is 12.7. The molecule has 5 rings (SSSR count). The third kappa shape index (κ3) is 5.51. The average molecular weight is 515 g/mol. The zero-order valence-corrected chi connectivity index (χ0v) is 20.0. The van der Waals surface area contributed by atoms with Gasteiger partial charge in [0, 0.05) is 38.1 Å². The predicted molar refractivity (Wildman–Crippen MR) is 134 cm³/mol. The average Bonchev–Trinajstić information content (AvgIpc) is 2.83. The van der Waals surface area contributed by atoms with E-state index >= 15 is 0 Å². The molecular weight excluding hydrogens is 491 g/mol. The lowest BCUT2D eigenvalue weighted by atomic mass is 10.1. The van der Waals surface area contributed by atoms with Gasteiger partial charge in [0.15, 0.2) is 17.3 Å². The summed E-state index contributed by atoms with van der Waals surface area (Å²) in [4.78, 5) is 30.8. The Labute approximate surface area is 205 Å². The number of piperazine rings is 1. The first-order valence-electron chi connectivity index (χ1n) is 10.9. The molecule has 1 aliphatic heterocycles. The number of pyridine rings is 2. The van der Waals surface area contributed by atoms with Gasteiger partial charge < -0.3 is 19.9 Å². The number of anilines is 1. The van der Waals surface area contributed by atoms with Gasteiger partial charge in [0.05, 0.1) is 11.6 Å². The van der Waals surface area contributed by atoms with E-state index in [1.165, 1.54) is 6.20 Å². The van der Waals surface area contributed by atoms with Gasteiger partial charge in [-0.15, -0.1) is 0 Å². The zero-order valence-electron chi connectivity index (χ0n) is 19.2. The number of fused-ring (bicyclic) bond motifs is 2. The van der Waals surface area contributed by atoms with Gasteiger partial charge in [0.1, 0.15) is 5.56 Å². The molecule has 0 bridgehead atoms. The van der Waals surface area contributed by atoms with Crippen LogP contribution in [-0.2, 0) is 10.1 Å². The number of hydrogen-bond donors (Lipinski definition) is 3. The lowest BCUT2D eigenvalue weighted by molar-refractivity contribution is 0.0695. The molecule has 3 N–H and O–H groups in total. The summed E-state index contributed by atoms with van der Waals surface area (Å²) in [5.74, 6) is -1.85. The summed E-state index contributed by atoms with van der Waals surface area (Å²) in [6.07, 6.45) is 1.98. The number of halogens is 1. The van der Waals surface area contributed by atoms with Crippen LogP contribution in [0, 0.1) is 5.82 Å². The highest BCUT2D eigenvalue weighted by Gasteiger charge is 2.22. The Morgan fingerprint density at radius 2 is 1.72 bits per heavy atom. The summed E-state index contributed by atoms with van der Waals surface area (Å²) in [6, 6.07) is 14.5. The number of hydrogen-bond acceptors (Lipinski definition) is 7. The number of aromatic nitrogens is 2. The van der Waals surface area contributed by atoms with Crippen molar-refractivity contribution in [2.24, 2.45) is 0 Å². The molecule has 3 heterocycles. The van der Waals surface area contributed by atoms with E-state index in [9.17, 15) is 27.5 Å². The number of carbonyl (C=O) groups is 1. The van der Waals surface area contributed by atoms with E-state index in [1.807, 2.05) is 47.4 Å². The van der Waals surface area contributed by atoms with E-state index in [4.69, 9.17) is 4.55 Å². The summed E-state index contributed by atoms with van der Waals surface area (Å²) in [5.41, 5.74) is -0.327. The van der Waals surface area contributed by atoms with Crippen LogP contribution < -0.4 is 15.6 Å². The molecule has 1 aliphatic rings. The predicted octanol–water partition coefficient (Wildman–Crippen LogP) is 2.29. The summed E-state index contributed by atoms with van der Waals surface area (Å²) in [6.45, 7) is 2.58. The van der Waals surface area contributed by atoms with Crippen LogP contribution in [-0.4, -0.2) is 66.0 Å². The summed E-state index contributed by atoms with van der Waals surface area (Å²) >= 11 is 0. The van der Waals surface area contributed by atoms with Crippen LogP contribution in [0.15, 0.2) is 59.5 Å². The second-order valence-electron chi connectivity index (χ2n) is 8.21. The van der Waals surface area contributed by atoms with Gasteiger partial charge in [-0.1, -0.05) is 30.3 Å². The van der Waals surface area contributed by atoms with Crippen molar-refractivity contribution in [2.75, 3.05) is 37.3 Å². The fourth-order valence-corrected chi connectivity index (χ4v) is 3.99. The van der Waals surface area contributed by atoms with Crippen molar-refractivity contribution in [3.8, 4) is 5.69 Å². The van der Waals surface area contributed by atoms with Crippen molar-refractivity contribution in [1.29, 1.82) is 0 Å². The highest BCUT2D eigenvalue weighted by Crippen LogP contribution is 2.25. The van der Waals surface area contributed by atoms with E-state index in [0.29, 0.717) is 38.1 Å². The Hall–Kier alpha value is -3.87. The van der Waals surface area contributed by atoms with E-state index in [0.717, 1.165) is 16.8 Å². The van der Waals surface area contributed by atoms with E-state index in [1.54, 1.807) is 4.57 Å². The van der Waals surface area contributed by atoms with Crippen LogP contribution in [0.25, 0.3) is 27.5 Å². The minimum Gasteiger partial charge on any atom is -0.477 e. The molecule has 0 spiro atoms. The number of aromatic carboxylic acids is 1.